The van der Waals surface area contributed by atoms with Gasteiger partial charge in [0.1, 0.15) is 0 Å². The Balaban J connectivity index is 2.85. The van der Waals surface area contributed by atoms with Gasteiger partial charge in [0.2, 0.25) is 0 Å². The van der Waals surface area contributed by atoms with E-state index in [2.05, 4.69) is 5.32 Å². The molecule has 5 heteroatoms. The first-order valence-electron chi connectivity index (χ1n) is 6.39. The van der Waals surface area contributed by atoms with E-state index in [1.165, 1.54) is 6.07 Å². The van der Waals surface area contributed by atoms with Gasteiger partial charge in [0, 0.05) is 18.8 Å². The molecule has 0 saturated heterocycles. The van der Waals surface area contributed by atoms with Gasteiger partial charge in [-0.25, -0.2) is 9.59 Å². The van der Waals surface area contributed by atoms with Crippen LogP contribution >= 0.6 is 0 Å². The van der Waals surface area contributed by atoms with Crippen molar-refractivity contribution in [2.24, 2.45) is 0 Å². The average Bonchev–Trinajstić information content (AvgIpc) is 2.37. The van der Waals surface area contributed by atoms with Gasteiger partial charge < -0.3 is 15.3 Å². The van der Waals surface area contributed by atoms with Crippen molar-refractivity contribution in [3.05, 3.63) is 29.3 Å². The van der Waals surface area contributed by atoms with Gasteiger partial charge in [-0.1, -0.05) is 13.0 Å². The number of carbonyl (C=O) groups is 2. The van der Waals surface area contributed by atoms with Crippen molar-refractivity contribution in [3.63, 3.8) is 0 Å². The molecule has 0 atom stereocenters. The molecule has 0 fully saturated rings. The van der Waals surface area contributed by atoms with Crippen LogP contribution in [0.1, 0.15) is 36.2 Å². The monoisotopic (exact) mass is 264 g/mol. The van der Waals surface area contributed by atoms with Crippen LogP contribution in [0.25, 0.3) is 0 Å². The molecule has 104 valence electrons. The molecular weight excluding hydrogens is 244 g/mol. The third-order valence-electron chi connectivity index (χ3n) is 2.88. The molecule has 19 heavy (non-hydrogen) atoms. The van der Waals surface area contributed by atoms with Gasteiger partial charge in [-0.15, -0.1) is 0 Å². The second-order valence-corrected chi connectivity index (χ2v) is 4.34. The first-order valence-corrected chi connectivity index (χ1v) is 6.39. The molecule has 2 amide bonds. The van der Waals surface area contributed by atoms with Gasteiger partial charge in [-0.05, 0) is 38.0 Å². The number of aryl methyl sites for hydroxylation is 1. The molecule has 1 aromatic carbocycles. The summed E-state index contributed by atoms with van der Waals surface area (Å²) in [4.78, 5) is 24.7. The van der Waals surface area contributed by atoms with E-state index in [4.69, 9.17) is 5.11 Å². The molecule has 0 aliphatic heterocycles. The first-order chi connectivity index (χ1) is 8.99. The summed E-state index contributed by atoms with van der Waals surface area (Å²) in [5.74, 6) is -0.991. The molecule has 0 saturated carbocycles. The maximum absolute atomic E-state index is 12.0. The van der Waals surface area contributed by atoms with Crippen LogP contribution in [-0.4, -0.2) is 35.1 Å². The molecule has 5 nitrogen and oxygen atoms in total. The number of rotatable bonds is 5. The fourth-order valence-corrected chi connectivity index (χ4v) is 1.81. The molecule has 0 spiro atoms. The number of anilines is 1. The third-order valence-corrected chi connectivity index (χ3v) is 2.88. The Kier molecular flexibility index (Phi) is 5.36. The van der Waals surface area contributed by atoms with Gasteiger partial charge in [-0.2, -0.15) is 0 Å². The predicted molar refractivity (Wildman–Crippen MR) is 74.7 cm³/mol. The number of urea groups is 1. The lowest BCUT2D eigenvalue weighted by atomic mass is 10.1. The van der Waals surface area contributed by atoms with Gasteiger partial charge >= 0.3 is 12.0 Å². The normalized spacial score (nSPS) is 10.1. The van der Waals surface area contributed by atoms with Crippen LogP contribution in [0.2, 0.25) is 0 Å². The van der Waals surface area contributed by atoms with Gasteiger partial charge in [0.05, 0.1) is 5.56 Å². The maximum atomic E-state index is 12.0. The van der Waals surface area contributed by atoms with Crippen LogP contribution in [0.15, 0.2) is 18.2 Å². The number of carbonyl (C=O) groups excluding carboxylic acids is 1. The van der Waals surface area contributed by atoms with Crippen LogP contribution < -0.4 is 5.32 Å². The van der Waals surface area contributed by atoms with E-state index < -0.39 is 5.97 Å². The fraction of sp³-hybridized carbons (Fsp3) is 0.429. The largest absolute Gasteiger partial charge is 0.478 e. The van der Waals surface area contributed by atoms with Crippen molar-refractivity contribution < 1.29 is 14.7 Å². The van der Waals surface area contributed by atoms with E-state index in [-0.39, 0.29) is 11.6 Å². The third kappa shape index (κ3) is 3.98. The summed E-state index contributed by atoms with van der Waals surface area (Å²) in [5.41, 5.74) is 1.38. The van der Waals surface area contributed by atoms with E-state index in [0.717, 1.165) is 6.42 Å². The molecular formula is C14H20N2O3. The standard InChI is InChI=1S/C14H20N2O3/c1-4-8-16(5-2)14(19)15-11-7-6-10(3)12(9-11)13(17)18/h6-7,9H,4-5,8H2,1-3H3,(H,15,19)(H,17,18). The van der Waals surface area contributed by atoms with Crippen molar-refractivity contribution in [2.75, 3.05) is 18.4 Å². The average molecular weight is 264 g/mol. The van der Waals surface area contributed by atoms with Crippen molar-refractivity contribution in [1.82, 2.24) is 4.90 Å². The van der Waals surface area contributed by atoms with Crippen LogP contribution in [0.5, 0.6) is 0 Å². The van der Waals surface area contributed by atoms with Crippen molar-refractivity contribution in [2.45, 2.75) is 27.2 Å². The fourth-order valence-electron chi connectivity index (χ4n) is 1.81. The van der Waals surface area contributed by atoms with E-state index in [9.17, 15) is 9.59 Å². The first kappa shape index (κ1) is 15.0. The number of hydrogen-bond acceptors (Lipinski definition) is 2. The maximum Gasteiger partial charge on any atom is 0.336 e. The lowest BCUT2D eigenvalue weighted by molar-refractivity contribution is 0.0696. The number of aromatic carboxylic acids is 1. The smallest absolute Gasteiger partial charge is 0.336 e. The highest BCUT2D eigenvalue weighted by Crippen LogP contribution is 2.16. The van der Waals surface area contributed by atoms with Crippen molar-refractivity contribution in [1.29, 1.82) is 0 Å². The molecule has 0 heterocycles. The Morgan fingerprint density at radius 3 is 2.53 bits per heavy atom. The zero-order valence-corrected chi connectivity index (χ0v) is 11.6. The Labute approximate surface area is 113 Å². The summed E-state index contributed by atoms with van der Waals surface area (Å²) in [7, 11) is 0. The number of amides is 2. The second kappa shape index (κ2) is 6.78. The number of benzene rings is 1. The molecule has 0 bridgehead atoms. The minimum atomic E-state index is -0.991. The van der Waals surface area contributed by atoms with Gasteiger partial charge in [-0.3, -0.25) is 0 Å². The summed E-state index contributed by atoms with van der Waals surface area (Å²) in [6, 6.07) is 4.67. The SMILES string of the molecule is CCCN(CC)C(=O)Nc1ccc(C)c(C(=O)O)c1. The summed E-state index contributed by atoms with van der Waals surface area (Å²) >= 11 is 0. The van der Waals surface area contributed by atoms with E-state index in [1.54, 1.807) is 24.0 Å². The van der Waals surface area contributed by atoms with Crippen LogP contribution in [0.3, 0.4) is 0 Å². The number of carboxylic acids is 1. The zero-order valence-electron chi connectivity index (χ0n) is 11.6. The quantitative estimate of drug-likeness (QED) is 0.859. The van der Waals surface area contributed by atoms with Crippen molar-refractivity contribution in [3.8, 4) is 0 Å². The minimum Gasteiger partial charge on any atom is -0.478 e. The summed E-state index contributed by atoms with van der Waals surface area (Å²) in [6.45, 7) is 6.94. The Bertz CT molecular complexity index is 472. The Morgan fingerprint density at radius 1 is 1.32 bits per heavy atom. The van der Waals surface area contributed by atoms with Crippen molar-refractivity contribution >= 4 is 17.7 Å². The Hall–Kier alpha value is -2.04. The van der Waals surface area contributed by atoms with Crippen LogP contribution in [0.4, 0.5) is 10.5 Å². The van der Waals surface area contributed by atoms with Crippen LogP contribution in [-0.2, 0) is 0 Å². The number of nitrogens with zero attached hydrogens (tertiary/aromatic N) is 1. The number of nitrogens with one attached hydrogen (secondary N) is 1. The van der Waals surface area contributed by atoms with Gasteiger partial charge in [0.25, 0.3) is 0 Å². The van der Waals surface area contributed by atoms with E-state index in [0.29, 0.717) is 24.3 Å². The molecule has 1 aromatic rings. The van der Waals surface area contributed by atoms with Gasteiger partial charge in [0.15, 0.2) is 0 Å². The second-order valence-electron chi connectivity index (χ2n) is 4.34. The van der Waals surface area contributed by atoms with Crippen LogP contribution in [0, 0.1) is 6.92 Å². The topological polar surface area (TPSA) is 69.6 Å². The molecule has 0 aromatic heterocycles. The molecule has 0 unspecified atom stereocenters. The molecule has 0 radical (unpaired) electrons. The summed E-state index contributed by atoms with van der Waals surface area (Å²) < 4.78 is 0. The highest BCUT2D eigenvalue weighted by Gasteiger charge is 2.13. The molecule has 2 N–H and O–H groups in total. The molecule has 0 aliphatic carbocycles. The zero-order chi connectivity index (χ0) is 14.4. The van der Waals surface area contributed by atoms with E-state index in [1.807, 2.05) is 13.8 Å². The summed E-state index contributed by atoms with van der Waals surface area (Å²) in [5, 5.41) is 11.8. The minimum absolute atomic E-state index is 0.204. The number of hydrogen-bond donors (Lipinski definition) is 2. The lowest BCUT2D eigenvalue weighted by Crippen LogP contribution is -2.35. The Morgan fingerprint density at radius 2 is 2.00 bits per heavy atom. The number of carboxylic acid groups (broad SMARTS) is 1. The summed E-state index contributed by atoms with van der Waals surface area (Å²) in [6.07, 6.45) is 0.884. The van der Waals surface area contributed by atoms with E-state index >= 15 is 0 Å². The highest BCUT2D eigenvalue weighted by atomic mass is 16.4. The highest BCUT2D eigenvalue weighted by molar-refractivity contribution is 5.94. The molecule has 0 aliphatic rings. The lowest BCUT2D eigenvalue weighted by Gasteiger charge is -2.20. The molecule has 1 rings (SSSR count). The predicted octanol–water partition coefficient (Wildman–Crippen LogP) is 2.96.